The quantitative estimate of drug-likeness (QED) is 0.779. The van der Waals surface area contributed by atoms with Crippen molar-refractivity contribution in [2.45, 2.75) is 32.1 Å². The number of ether oxygens (including phenoxy) is 1. The second-order valence-electron chi connectivity index (χ2n) is 4.14. The highest BCUT2D eigenvalue weighted by Crippen LogP contribution is 2.24. The Morgan fingerprint density at radius 2 is 2.00 bits per heavy atom. The van der Waals surface area contributed by atoms with Gasteiger partial charge in [0, 0.05) is 12.4 Å². The summed E-state index contributed by atoms with van der Waals surface area (Å²) in [4.78, 5) is 7.94. The molecule has 4 nitrogen and oxygen atoms in total. The van der Waals surface area contributed by atoms with Crippen molar-refractivity contribution >= 4 is 0 Å². The molecule has 1 heterocycles. The fourth-order valence-electron chi connectivity index (χ4n) is 2.06. The van der Waals surface area contributed by atoms with E-state index < -0.39 is 0 Å². The number of hydrogen-bond acceptors (Lipinski definition) is 4. The van der Waals surface area contributed by atoms with Gasteiger partial charge in [0.1, 0.15) is 6.07 Å². The van der Waals surface area contributed by atoms with E-state index in [2.05, 4.69) is 9.97 Å². The summed E-state index contributed by atoms with van der Waals surface area (Å²) in [5, 5.41) is 8.82. The molecule has 16 heavy (non-hydrogen) atoms. The monoisotopic (exact) mass is 217 g/mol. The molecule has 0 aliphatic heterocycles. The number of aromatic nitrogens is 2. The second kappa shape index (κ2) is 5.45. The van der Waals surface area contributed by atoms with Gasteiger partial charge in [0.05, 0.1) is 6.61 Å². The van der Waals surface area contributed by atoms with Gasteiger partial charge in [0.15, 0.2) is 0 Å². The summed E-state index contributed by atoms with van der Waals surface area (Å²) < 4.78 is 5.57. The van der Waals surface area contributed by atoms with E-state index >= 15 is 0 Å². The van der Waals surface area contributed by atoms with Crippen molar-refractivity contribution in [1.82, 2.24) is 9.97 Å². The van der Waals surface area contributed by atoms with Crippen LogP contribution in [0, 0.1) is 17.2 Å². The molecule has 0 amide bonds. The molecular formula is C12H15N3O. The van der Waals surface area contributed by atoms with Crippen LogP contribution in [0.25, 0.3) is 0 Å². The Bertz CT molecular complexity index is 380. The second-order valence-corrected chi connectivity index (χ2v) is 4.14. The van der Waals surface area contributed by atoms with Crippen molar-refractivity contribution in [3.63, 3.8) is 0 Å². The topological polar surface area (TPSA) is 58.8 Å². The predicted molar refractivity (Wildman–Crippen MR) is 58.8 cm³/mol. The van der Waals surface area contributed by atoms with Gasteiger partial charge >= 0.3 is 0 Å². The fourth-order valence-corrected chi connectivity index (χ4v) is 2.06. The number of hydrogen-bond donors (Lipinski definition) is 0. The van der Waals surface area contributed by atoms with Gasteiger partial charge in [-0.2, -0.15) is 5.26 Å². The average molecular weight is 217 g/mol. The van der Waals surface area contributed by atoms with Gasteiger partial charge in [-0.05, 0) is 18.8 Å². The van der Waals surface area contributed by atoms with Crippen molar-refractivity contribution in [3.05, 3.63) is 18.1 Å². The van der Waals surface area contributed by atoms with Crippen LogP contribution < -0.4 is 4.74 Å². The molecule has 0 spiro atoms. The van der Waals surface area contributed by atoms with E-state index in [9.17, 15) is 0 Å². The Morgan fingerprint density at radius 1 is 1.25 bits per heavy atom. The third-order valence-electron chi connectivity index (χ3n) is 2.95. The molecule has 2 rings (SSSR count). The summed E-state index contributed by atoms with van der Waals surface area (Å²) in [5.74, 6) is 0.984. The van der Waals surface area contributed by atoms with Gasteiger partial charge in [0.25, 0.3) is 5.88 Å². The average Bonchev–Trinajstić information content (AvgIpc) is 2.38. The number of rotatable bonds is 3. The highest BCUT2D eigenvalue weighted by atomic mass is 16.5. The Labute approximate surface area is 95.3 Å². The zero-order chi connectivity index (χ0) is 11.2. The fraction of sp³-hybridized carbons (Fsp3) is 0.583. The van der Waals surface area contributed by atoms with E-state index in [1.807, 2.05) is 6.07 Å². The van der Waals surface area contributed by atoms with Gasteiger partial charge in [-0.15, -0.1) is 0 Å². The van der Waals surface area contributed by atoms with Crippen LogP contribution in [0.1, 0.15) is 37.8 Å². The maximum atomic E-state index is 8.82. The van der Waals surface area contributed by atoms with Gasteiger partial charge in [0.2, 0.25) is 5.69 Å². The molecule has 1 aromatic heterocycles. The van der Waals surface area contributed by atoms with Crippen LogP contribution in [-0.4, -0.2) is 16.6 Å². The number of nitrogens with zero attached hydrogens (tertiary/aromatic N) is 3. The van der Waals surface area contributed by atoms with Crippen molar-refractivity contribution in [2.24, 2.45) is 5.92 Å². The molecule has 4 heteroatoms. The molecule has 1 aliphatic rings. The minimum Gasteiger partial charge on any atom is -0.475 e. The van der Waals surface area contributed by atoms with Gasteiger partial charge in [-0.25, -0.2) is 9.97 Å². The minimum atomic E-state index is 0.276. The maximum absolute atomic E-state index is 8.82. The molecule has 0 saturated heterocycles. The van der Waals surface area contributed by atoms with E-state index in [-0.39, 0.29) is 5.69 Å². The van der Waals surface area contributed by atoms with Crippen LogP contribution in [0.2, 0.25) is 0 Å². The lowest BCUT2D eigenvalue weighted by atomic mass is 9.90. The molecule has 1 aromatic rings. The molecule has 0 atom stereocenters. The van der Waals surface area contributed by atoms with Crippen molar-refractivity contribution in [2.75, 3.05) is 6.61 Å². The molecule has 0 aromatic carbocycles. The smallest absolute Gasteiger partial charge is 0.251 e. The Morgan fingerprint density at radius 3 is 2.75 bits per heavy atom. The Kier molecular flexibility index (Phi) is 3.71. The lowest BCUT2D eigenvalue weighted by molar-refractivity contribution is 0.201. The highest BCUT2D eigenvalue weighted by Gasteiger charge is 2.15. The third kappa shape index (κ3) is 2.69. The van der Waals surface area contributed by atoms with Gasteiger partial charge in [-0.3, -0.25) is 0 Å². The van der Waals surface area contributed by atoms with E-state index in [0.717, 1.165) is 0 Å². The first-order chi connectivity index (χ1) is 7.90. The first-order valence-electron chi connectivity index (χ1n) is 5.74. The molecule has 1 fully saturated rings. The van der Waals surface area contributed by atoms with Crippen molar-refractivity contribution in [3.8, 4) is 11.9 Å². The predicted octanol–water partition coefficient (Wildman–Crippen LogP) is 2.31. The molecule has 1 aliphatic carbocycles. The van der Waals surface area contributed by atoms with Crippen LogP contribution in [-0.2, 0) is 0 Å². The molecule has 0 unspecified atom stereocenters. The van der Waals surface area contributed by atoms with E-state index in [1.165, 1.54) is 38.3 Å². The molecule has 84 valence electrons. The lowest BCUT2D eigenvalue weighted by Crippen LogP contribution is -2.16. The first kappa shape index (κ1) is 10.9. The zero-order valence-corrected chi connectivity index (χ0v) is 9.22. The minimum absolute atomic E-state index is 0.276. The van der Waals surface area contributed by atoms with Crippen molar-refractivity contribution in [1.29, 1.82) is 5.26 Å². The Balaban J connectivity index is 1.91. The van der Waals surface area contributed by atoms with Crippen LogP contribution in [0.3, 0.4) is 0 Å². The van der Waals surface area contributed by atoms with Crippen LogP contribution in [0.5, 0.6) is 5.88 Å². The summed E-state index contributed by atoms with van der Waals surface area (Å²) in [6, 6.07) is 1.98. The number of nitriles is 1. The SMILES string of the molecule is N#Cc1nccnc1OCC1CCCCC1. The molecule has 0 bridgehead atoms. The summed E-state index contributed by atoms with van der Waals surface area (Å²) in [7, 11) is 0. The normalized spacial score (nSPS) is 16.7. The lowest BCUT2D eigenvalue weighted by Gasteiger charge is -2.21. The standard InChI is InChI=1S/C12H15N3O/c13-8-11-12(15-7-6-14-11)16-9-10-4-2-1-3-5-10/h6-7,10H,1-5,9H2. The molecule has 1 saturated carbocycles. The van der Waals surface area contributed by atoms with E-state index in [4.69, 9.17) is 10.00 Å². The first-order valence-corrected chi connectivity index (χ1v) is 5.74. The molecule has 0 radical (unpaired) electrons. The highest BCUT2D eigenvalue weighted by molar-refractivity contribution is 5.29. The van der Waals surface area contributed by atoms with Gasteiger partial charge in [-0.1, -0.05) is 19.3 Å². The largest absolute Gasteiger partial charge is 0.475 e. The summed E-state index contributed by atoms with van der Waals surface area (Å²) >= 11 is 0. The summed E-state index contributed by atoms with van der Waals surface area (Å²) in [5.41, 5.74) is 0.276. The zero-order valence-electron chi connectivity index (χ0n) is 9.22. The molecular weight excluding hydrogens is 202 g/mol. The third-order valence-corrected chi connectivity index (χ3v) is 2.95. The van der Waals surface area contributed by atoms with Crippen LogP contribution >= 0.6 is 0 Å². The van der Waals surface area contributed by atoms with Crippen LogP contribution in [0.4, 0.5) is 0 Å². The maximum Gasteiger partial charge on any atom is 0.251 e. The summed E-state index contributed by atoms with van der Waals surface area (Å²) in [6.07, 6.45) is 9.43. The van der Waals surface area contributed by atoms with Gasteiger partial charge < -0.3 is 4.74 Å². The van der Waals surface area contributed by atoms with Crippen molar-refractivity contribution < 1.29 is 4.74 Å². The van der Waals surface area contributed by atoms with Crippen LogP contribution in [0.15, 0.2) is 12.4 Å². The van der Waals surface area contributed by atoms with E-state index in [1.54, 1.807) is 6.20 Å². The summed E-state index contributed by atoms with van der Waals surface area (Å²) in [6.45, 7) is 0.660. The Hall–Kier alpha value is -1.63. The molecule has 0 N–H and O–H groups in total. The van der Waals surface area contributed by atoms with E-state index in [0.29, 0.717) is 18.4 Å².